The van der Waals surface area contributed by atoms with Crippen molar-refractivity contribution in [1.82, 2.24) is 0 Å². The van der Waals surface area contributed by atoms with Gasteiger partial charge in [-0.2, -0.15) is 0 Å². The summed E-state index contributed by atoms with van der Waals surface area (Å²) in [6.07, 6.45) is 3.70. The van der Waals surface area contributed by atoms with E-state index in [1.54, 1.807) is 42.5 Å². The number of hydrogen-bond acceptors (Lipinski definition) is 8. The number of carbonyl (C=O) groups is 3. The molecule has 0 saturated carbocycles. The number of anilines is 1. The van der Waals surface area contributed by atoms with E-state index in [4.69, 9.17) is 9.47 Å². The van der Waals surface area contributed by atoms with Gasteiger partial charge in [0.1, 0.15) is 23.0 Å². The summed E-state index contributed by atoms with van der Waals surface area (Å²) in [6, 6.07) is 22.8. The summed E-state index contributed by atoms with van der Waals surface area (Å²) < 4.78 is 11.4. The Labute approximate surface area is 252 Å². The Morgan fingerprint density at radius 3 is 2.25 bits per heavy atom. The third-order valence-corrected chi connectivity index (χ3v) is 9.10. The summed E-state index contributed by atoms with van der Waals surface area (Å²) in [5.74, 6) is -1.48. The highest BCUT2D eigenvalue weighted by Crippen LogP contribution is 2.62. The largest absolute Gasteiger partial charge is 0.497 e. The Morgan fingerprint density at radius 1 is 0.864 bits per heavy atom. The van der Waals surface area contributed by atoms with Crippen LogP contribution in [0.15, 0.2) is 97.1 Å². The highest BCUT2D eigenvalue weighted by Gasteiger charge is 2.72. The quantitative estimate of drug-likeness (QED) is 0.118. The maximum atomic E-state index is 14.9. The number of benzene rings is 4. The average Bonchev–Trinajstić information content (AvgIpc) is 3.50. The van der Waals surface area contributed by atoms with E-state index in [1.165, 1.54) is 38.5 Å². The molecule has 2 aliphatic heterocycles. The molecule has 1 aliphatic carbocycles. The van der Waals surface area contributed by atoms with Crippen molar-refractivity contribution in [2.24, 2.45) is 5.41 Å². The second-order valence-corrected chi connectivity index (χ2v) is 11.0. The summed E-state index contributed by atoms with van der Waals surface area (Å²) in [5, 5.41) is 11.7. The van der Waals surface area contributed by atoms with Crippen LogP contribution in [-0.4, -0.2) is 48.6 Å². The van der Waals surface area contributed by atoms with E-state index in [-0.39, 0.29) is 22.8 Å². The van der Waals surface area contributed by atoms with E-state index in [0.717, 1.165) is 5.56 Å². The monoisotopic (exact) mass is 586 g/mol. The third-order valence-electron chi connectivity index (χ3n) is 9.10. The zero-order chi connectivity index (χ0) is 30.7. The first kappa shape index (κ1) is 27.3. The van der Waals surface area contributed by atoms with Crippen LogP contribution < -0.4 is 14.4 Å². The molecule has 3 unspecified atom stereocenters. The topological polar surface area (TPSA) is 116 Å². The van der Waals surface area contributed by atoms with Crippen LogP contribution in [0.5, 0.6) is 11.5 Å². The molecule has 9 heteroatoms. The molecule has 0 radical (unpaired) electrons. The summed E-state index contributed by atoms with van der Waals surface area (Å²) in [6.45, 7) is 0. The average molecular weight is 587 g/mol. The number of carbonyl (C=O) groups excluding carboxylic acids is 3. The number of non-ortho nitro benzene ring substituents is 1. The summed E-state index contributed by atoms with van der Waals surface area (Å²) in [4.78, 5) is 57.5. The fourth-order valence-electron chi connectivity index (χ4n) is 7.29. The van der Waals surface area contributed by atoms with E-state index in [1.807, 2.05) is 41.3 Å². The molecule has 2 heterocycles. The molecule has 218 valence electrons. The molecule has 7 rings (SSSR count). The molecule has 1 spiro atoms. The summed E-state index contributed by atoms with van der Waals surface area (Å²) in [5.41, 5.74) is 0.609. The zero-order valence-corrected chi connectivity index (χ0v) is 23.8. The molecule has 0 bridgehead atoms. The van der Waals surface area contributed by atoms with Crippen molar-refractivity contribution in [2.75, 3.05) is 19.1 Å². The van der Waals surface area contributed by atoms with E-state index < -0.39 is 34.1 Å². The van der Waals surface area contributed by atoms with E-state index in [9.17, 15) is 24.5 Å². The first-order valence-electron chi connectivity index (χ1n) is 14.1. The number of nitro groups is 1. The predicted molar refractivity (Wildman–Crippen MR) is 163 cm³/mol. The van der Waals surface area contributed by atoms with Gasteiger partial charge in [0.15, 0.2) is 17.3 Å². The molecule has 3 aliphatic rings. The number of para-hydroxylation sites is 1. The molecule has 0 N–H and O–H groups in total. The predicted octanol–water partition coefficient (Wildman–Crippen LogP) is 5.93. The number of rotatable bonds is 6. The Kier molecular flexibility index (Phi) is 6.21. The highest BCUT2D eigenvalue weighted by atomic mass is 16.6. The minimum atomic E-state index is -1.76. The molecular formula is C35H26N2O7. The van der Waals surface area contributed by atoms with Crippen molar-refractivity contribution in [3.05, 3.63) is 135 Å². The Morgan fingerprint density at radius 2 is 1.57 bits per heavy atom. The number of nitrogens with zero attached hydrogens (tertiary/aromatic N) is 2. The molecule has 0 amide bonds. The smallest absolute Gasteiger partial charge is 0.270 e. The molecule has 1 fully saturated rings. The van der Waals surface area contributed by atoms with Gasteiger partial charge >= 0.3 is 0 Å². The number of hydrogen-bond donors (Lipinski definition) is 0. The van der Waals surface area contributed by atoms with Crippen molar-refractivity contribution in [3.63, 3.8) is 0 Å². The fourth-order valence-corrected chi connectivity index (χ4v) is 7.29. The lowest BCUT2D eigenvalue weighted by atomic mass is 9.64. The second-order valence-electron chi connectivity index (χ2n) is 11.0. The van der Waals surface area contributed by atoms with Gasteiger partial charge in [-0.3, -0.25) is 24.5 Å². The Bertz CT molecular complexity index is 1890. The lowest BCUT2D eigenvalue weighted by Crippen LogP contribution is -2.48. The number of ketones is 3. The van der Waals surface area contributed by atoms with Crippen LogP contribution in [0.4, 0.5) is 11.4 Å². The molecular weight excluding hydrogens is 560 g/mol. The van der Waals surface area contributed by atoms with Crippen LogP contribution >= 0.6 is 0 Å². The van der Waals surface area contributed by atoms with Crippen LogP contribution in [0.1, 0.15) is 48.1 Å². The maximum Gasteiger partial charge on any atom is 0.270 e. The van der Waals surface area contributed by atoms with Gasteiger partial charge in [-0.25, -0.2) is 0 Å². The van der Waals surface area contributed by atoms with Gasteiger partial charge < -0.3 is 14.4 Å². The number of Topliss-reactive ketones (excluding diaryl/α,β-unsaturated/α-hetero) is 3. The first-order chi connectivity index (χ1) is 21.3. The third kappa shape index (κ3) is 3.62. The van der Waals surface area contributed by atoms with Crippen LogP contribution in [0.3, 0.4) is 0 Å². The lowest BCUT2D eigenvalue weighted by molar-refractivity contribution is -0.384. The molecule has 0 aromatic heterocycles. The first-order valence-corrected chi connectivity index (χ1v) is 14.1. The van der Waals surface area contributed by atoms with E-state index in [0.29, 0.717) is 33.9 Å². The molecule has 9 nitrogen and oxygen atoms in total. The number of nitro benzene ring substituents is 1. The minimum absolute atomic E-state index is 0.0920. The number of methoxy groups -OCH3 is 2. The van der Waals surface area contributed by atoms with E-state index in [2.05, 4.69) is 0 Å². The van der Waals surface area contributed by atoms with Gasteiger partial charge in [0.05, 0.1) is 25.2 Å². The molecule has 44 heavy (non-hydrogen) atoms. The van der Waals surface area contributed by atoms with Gasteiger partial charge in [-0.1, -0.05) is 66.7 Å². The van der Waals surface area contributed by atoms with Crippen molar-refractivity contribution < 1.29 is 28.8 Å². The standard InChI is InChI=1S/C35H26N2O7/c1-43-23-15-16-28(44-2)26(19-23)30-31(32(38)21-9-7-10-22(18-21)37(41)42)36-27-13-6-3-8-20(27)14-17-29(36)35(30)33(39)24-11-4-5-12-25(24)34(35)40/h3-19,29-31H,1-2H3. The molecule has 1 saturated heterocycles. The highest BCUT2D eigenvalue weighted by molar-refractivity contribution is 6.32. The van der Waals surface area contributed by atoms with Crippen molar-refractivity contribution in [3.8, 4) is 11.5 Å². The van der Waals surface area contributed by atoms with Crippen LogP contribution in [-0.2, 0) is 0 Å². The maximum absolute atomic E-state index is 14.9. The second kappa shape index (κ2) is 10.0. The normalized spacial score (nSPS) is 20.7. The summed E-state index contributed by atoms with van der Waals surface area (Å²) >= 11 is 0. The Balaban J connectivity index is 1.58. The molecule has 4 aromatic carbocycles. The minimum Gasteiger partial charge on any atom is -0.497 e. The lowest BCUT2D eigenvalue weighted by Gasteiger charge is -2.37. The van der Waals surface area contributed by atoms with Gasteiger partial charge in [0.25, 0.3) is 5.69 Å². The van der Waals surface area contributed by atoms with Gasteiger partial charge in [0.2, 0.25) is 0 Å². The van der Waals surface area contributed by atoms with Gasteiger partial charge in [-0.05, 0) is 29.8 Å². The van der Waals surface area contributed by atoms with Crippen LogP contribution in [0.2, 0.25) is 0 Å². The summed E-state index contributed by atoms with van der Waals surface area (Å²) in [7, 11) is 2.99. The SMILES string of the molecule is COc1ccc(OC)c(C2C(C(=O)c3cccc([N+](=O)[O-])c3)N3c4ccccc4C=CC3C23C(=O)c2ccccc2C3=O)c1. The van der Waals surface area contributed by atoms with E-state index >= 15 is 0 Å². The van der Waals surface area contributed by atoms with Crippen LogP contribution in [0.25, 0.3) is 6.08 Å². The van der Waals surface area contributed by atoms with Crippen molar-refractivity contribution in [2.45, 2.75) is 18.0 Å². The zero-order valence-electron chi connectivity index (χ0n) is 23.8. The fraction of sp³-hybridized carbons (Fsp3) is 0.171. The molecule has 4 aromatic rings. The number of fused-ring (bicyclic) bond motifs is 5. The van der Waals surface area contributed by atoms with Gasteiger partial charge in [0, 0.05) is 46.0 Å². The Hall–Kier alpha value is -5.57. The van der Waals surface area contributed by atoms with Crippen molar-refractivity contribution in [1.29, 1.82) is 0 Å². The van der Waals surface area contributed by atoms with Crippen molar-refractivity contribution >= 4 is 34.8 Å². The van der Waals surface area contributed by atoms with Gasteiger partial charge in [-0.15, -0.1) is 0 Å². The number of ether oxygens (including phenoxy) is 2. The molecule has 3 atom stereocenters. The van der Waals surface area contributed by atoms with Crippen LogP contribution in [0, 0.1) is 15.5 Å².